The van der Waals surface area contributed by atoms with E-state index < -0.39 is 11.5 Å². The maximum absolute atomic E-state index is 13.2. The van der Waals surface area contributed by atoms with Gasteiger partial charge in [0.1, 0.15) is 6.61 Å². The first-order chi connectivity index (χ1) is 22.9. The molecule has 1 fully saturated rings. The quantitative estimate of drug-likeness (QED) is 0.0632. The molecule has 0 unspecified atom stereocenters. The first-order valence-electron chi connectivity index (χ1n) is 17.9. The Kier molecular flexibility index (Phi) is 16.2. The molecule has 0 spiro atoms. The Hall–Kier alpha value is -3.46. The second kappa shape index (κ2) is 19.1. The van der Waals surface area contributed by atoms with Crippen LogP contribution in [-0.2, 0) is 14.3 Å². The average Bonchev–Trinajstić information content (AvgIpc) is 3.22. The number of Topliss-reactive ketones (excluding diaryl/α,β-unsaturated/α-hetero) is 1. The van der Waals surface area contributed by atoms with Crippen molar-refractivity contribution in [1.82, 2.24) is 0 Å². The summed E-state index contributed by atoms with van der Waals surface area (Å²) in [5.41, 5.74) is 4.65. The Morgan fingerprint density at radius 2 is 1.45 bits per heavy atom. The Morgan fingerprint density at radius 3 is 2.00 bits per heavy atom. The molecule has 0 bridgehead atoms. The van der Waals surface area contributed by atoms with E-state index in [2.05, 4.69) is 46.5 Å². The van der Waals surface area contributed by atoms with Gasteiger partial charge in [-0.2, -0.15) is 0 Å². The Labute approximate surface area is 297 Å². The number of aliphatic hydroxyl groups excluding tert-OH is 2. The minimum Gasteiger partial charge on any atom is -0.460 e. The van der Waals surface area contributed by atoms with Crippen molar-refractivity contribution < 1.29 is 24.5 Å². The van der Waals surface area contributed by atoms with Crippen molar-refractivity contribution in [1.29, 1.82) is 0 Å². The first-order valence-corrected chi connectivity index (χ1v) is 17.9. The van der Waals surface area contributed by atoms with Gasteiger partial charge in [-0.1, -0.05) is 138 Å². The van der Waals surface area contributed by atoms with Gasteiger partial charge in [0.2, 0.25) is 0 Å². The number of carbonyl (C=O) groups is 2. The van der Waals surface area contributed by atoms with Crippen LogP contribution in [0.25, 0.3) is 0 Å². The van der Waals surface area contributed by atoms with E-state index in [0.29, 0.717) is 37.7 Å². The maximum atomic E-state index is 13.2. The summed E-state index contributed by atoms with van der Waals surface area (Å²) in [6, 6.07) is 0. The van der Waals surface area contributed by atoms with Crippen LogP contribution in [0, 0.1) is 28.1 Å². The van der Waals surface area contributed by atoms with Crippen molar-refractivity contribution >= 4 is 11.8 Å². The SMILES string of the molecule is CCCCCC(=O)OC\C(C#CC1=C(C)C[C@@H](O)CC1(C)C)=C/C=C/C(C)=C/C=C/C=C(C)/C=C/C=C(\C)C(=O)[C@]1(C)C[C@@H](O)CC1(C)C. The number of esters is 1. The van der Waals surface area contributed by atoms with Crippen molar-refractivity contribution in [2.75, 3.05) is 6.61 Å². The molecule has 0 saturated heterocycles. The van der Waals surface area contributed by atoms with Gasteiger partial charge in [0.15, 0.2) is 5.78 Å². The number of ketones is 1. The van der Waals surface area contributed by atoms with Crippen LogP contribution in [-0.4, -0.2) is 40.8 Å². The largest absolute Gasteiger partial charge is 0.460 e. The number of allylic oxidation sites excluding steroid dienone is 14. The second-order valence-corrected chi connectivity index (χ2v) is 15.5. The molecule has 268 valence electrons. The number of rotatable bonds is 14. The number of hydrogen-bond acceptors (Lipinski definition) is 5. The molecule has 0 aromatic heterocycles. The molecule has 0 aromatic rings. The van der Waals surface area contributed by atoms with E-state index >= 15 is 0 Å². The lowest BCUT2D eigenvalue weighted by molar-refractivity contribution is -0.142. The fourth-order valence-corrected chi connectivity index (χ4v) is 6.82. The van der Waals surface area contributed by atoms with E-state index in [1.807, 2.05) is 95.4 Å². The third-order valence-corrected chi connectivity index (χ3v) is 10.0. The normalized spacial score (nSPS) is 25.0. The zero-order valence-electron chi connectivity index (χ0n) is 31.9. The molecule has 5 nitrogen and oxygen atoms in total. The highest BCUT2D eigenvalue weighted by molar-refractivity contribution is 6.00. The van der Waals surface area contributed by atoms with Crippen molar-refractivity contribution in [2.45, 2.75) is 133 Å². The van der Waals surface area contributed by atoms with E-state index in [4.69, 9.17) is 4.74 Å². The lowest BCUT2D eigenvalue weighted by atomic mass is 9.65. The fourth-order valence-electron chi connectivity index (χ4n) is 6.82. The highest BCUT2D eigenvalue weighted by Crippen LogP contribution is 2.53. The molecule has 5 heteroatoms. The highest BCUT2D eigenvalue weighted by Gasteiger charge is 2.53. The van der Waals surface area contributed by atoms with E-state index in [-0.39, 0.29) is 35.3 Å². The molecule has 2 aliphatic carbocycles. The van der Waals surface area contributed by atoms with Gasteiger partial charge in [-0.3, -0.25) is 9.59 Å². The summed E-state index contributed by atoms with van der Waals surface area (Å²) in [4.78, 5) is 25.5. The van der Waals surface area contributed by atoms with Gasteiger partial charge in [-0.15, -0.1) is 0 Å². The van der Waals surface area contributed by atoms with Gasteiger partial charge in [-0.25, -0.2) is 0 Å². The van der Waals surface area contributed by atoms with E-state index in [1.54, 1.807) is 0 Å². The molecule has 0 aliphatic heterocycles. The topological polar surface area (TPSA) is 83.8 Å². The van der Waals surface area contributed by atoms with Crippen LogP contribution in [0.15, 0.2) is 94.2 Å². The van der Waals surface area contributed by atoms with E-state index in [1.165, 1.54) is 0 Å². The Balaban J connectivity index is 2.10. The third kappa shape index (κ3) is 13.1. The van der Waals surface area contributed by atoms with Gasteiger partial charge < -0.3 is 14.9 Å². The van der Waals surface area contributed by atoms with Crippen LogP contribution in [0.2, 0.25) is 0 Å². The molecule has 49 heavy (non-hydrogen) atoms. The van der Waals surface area contributed by atoms with E-state index in [9.17, 15) is 19.8 Å². The summed E-state index contributed by atoms with van der Waals surface area (Å²) in [7, 11) is 0. The number of carbonyl (C=O) groups excluding carboxylic acids is 2. The molecule has 2 aliphatic rings. The molecule has 0 radical (unpaired) electrons. The van der Waals surface area contributed by atoms with Gasteiger partial charge >= 0.3 is 5.97 Å². The van der Waals surface area contributed by atoms with Crippen molar-refractivity contribution in [3.8, 4) is 11.8 Å². The van der Waals surface area contributed by atoms with Crippen LogP contribution < -0.4 is 0 Å². The van der Waals surface area contributed by atoms with Gasteiger partial charge in [0.25, 0.3) is 0 Å². The molecule has 0 heterocycles. The maximum Gasteiger partial charge on any atom is 0.306 e. The molecule has 0 amide bonds. The van der Waals surface area contributed by atoms with Crippen LogP contribution in [0.4, 0.5) is 0 Å². The molecule has 3 atom stereocenters. The second-order valence-electron chi connectivity index (χ2n) is 15.5. The molecule has 1 saturated carbocycles. The van der Waals surface area contributed by atoms with Crippen molar-refractivity contribution in [2.24, 2.45) is 16.2 Å². The zero-order chi connectivity index (χ0) is 36.8. The molecular weight excluding hydrogens is 608 g/mol. The summed E-state index contributed by atoms with van der Waals surface area (Å²) in [5.74, 6) is 6.52. The molecule has 0 aromatic carbocycles. The van der Waals surface area contributed by atoms with Gasteiger partial charge in [0, 0.05) is 28.4 Å². The molecule has 2 rings (SSSR count). The van der Waals surface area contributed by atoms with E-state index in [0.717, 1.165) is 47.1 Å². The zero-order valence-corrected chi connectivity index (χ0v) is 31.9. The summed E-state index contributed by atoms with van der Waals surface area (Å²) < 4.78 is 5.57. The highest BCUT2D eigenvalue weighted by atomic mass is 16.5. The summed E-state index contributed by atoms with van der Waals surface area (Å²) in [6.45, 7) is 20.5. The summed E-state index contributed by atoms with van der Waals surface area (Å²) in [5, 5.41) is 20.4. The number of ether oxygens (including phenoxy) is 1. The fraction of sp³-hybridized carbons (Fsp3) is 0.545. The lowest BCUT2D eigenvalue weighted by Gasteiger charge is -2.36. The smallest absolute Gasteiger partial charge is 0.306 e. The first kappa shape index (κ1) is 41.7. The molecular formula is C44H62O5. The van der Waals surface area contributed by atoms with Crippen LogP contribution >= 0.6 is 0 Å². The number of unbranched alkanes of at least 4 members (excludes halogenated alkanes) is 2. The minimum atomic E-state index is -0.563. The lowest BCUT2D eigenvalue weighted by Crippen LogP contribution is -2.38. The number of hydrogen-bond donors (Lipinski definition) is 2. The minimum absolute atomic E-state index is 0.104. The third-order valence-electron chi connectivity index (χ3n) is 10.0. The van der Waals surface area contributed by atoms with Crippen LogP contribution in [0.3, 0.4) is 0 Å². The Bertz CT molecular complexity index is 1490. The van der Waals surface area contributed by atoms with Gasteiger partial charge in [-0.05, 0) is 76.9 Å². The summed E-state index contributed by atoms with van der Waals surface area (Å²) in [6.07, 6.45) is 24.5. The standard InChI is InChI=1S/C44H62O5/c1-11-12-13-24-40(47)49-31-36(25-26-39-35(5)27-37(45)28-42(39,6)7)23-17-21-33(3)19-15-14-18-32(2)20-16-22-34(4)41(48)44(10)30-38(46)29-43(44,8)9/h14-23,37-38,45-46H,11-13,24,27-31H2,1-10H3/b15-14+,20-16+,21-17+,32-18+,33-19+,34-22+,36-23-/t37-,38+,44+/m1/s1. The molecule has 2 N–H and O–H groups in total. The predicted molar refractivity (Wildman–Crippen MR) is 204 cm³/mol. The van der Waals surface area contributed by atoms with Crippen LogP contribution in [0.5, 0.6) is 0 Å². The number of aliphatic hydroxyl groups is 2. The van der Waals surface area contributed by atoms with Crippen molar-refractivity contribution in [3.05, 3.63) is 94.2 Å². The monoisotopic (exact) mass is 670 g/mol. The Morgan fingerprint density at radius 1 is 0.837 bits per heavy atom. The van der Waals surface area contributed by atoms with Crippen LogP contribution in [0.1, 0.15) is 121 Å². The summed E-state index contributed by atoms with van der Waals surface area (Å²) >= 11 is 0. The average molecular weight is 671 g/mol. The van der Waals surface area contributed by atoms with Crippen molar-refractivity contribution in [3.63, 3.8) is 0 Å². The van der Waals surface area contributed by atoms with Gasteiger partial charge in [0.05, 0.1) is 12.2 Å². The predicted octanol–water partition coefficient (Wildman–Crippen LogP) is 9.80.